The monoisotopic (exact) mass is 458 g/mol. The number of H-pyrrole nitrogens is 1. The van der Waals surface area contributed by atoms with Crippen LogP contribution in [-0.4, -0.2) is 60.1 Å². The van der Waals surface area contributed by atoms with Crippen molar-refractivity contribution in [2.24, 2.45) is 0 Å². The van der Waals surface area contributed by atoms with Crippen LogP contribution in [0.4, 0.5) is 0 Å². The summed E-state index contributed by atoms with van der Waals surface area (Å²) >= 11 is 0. The van der Waals surface area contributed by atoms with Gasteiger partial charge in [0.05, 0.1) is 6.61 Å². The minimum Gasteiger partial charge on any atom is -0.359 e. The van der Waals surface area contributed by atoms with E-state index in [-0.39, 0.29) is 6.42 Å². The Morgan fingerprint density at radius 3 is 2.42 bits per heavy atom. The molecule has 1 aromatic carbocycles. The molecule has 4 rings (SSSR count). The summed E-state index contributed by atoms with van der Waals surface area (Å²) in [4.78, 5) is 43.6. The summed E-state index contributed by atoms with van der Waals surface area (Å²) in [5.41, 5.74) is -0.963. The van der Waals surface area contributed by atoms with Crippen LogP contribution in [0, 0.1) is 0 Å². The first-order chi connectivity index (χ1) is 14.5. The SMILES string of the molecule is O=c1ccn([C@@H]2O[C@H](COP(=O)(O)O)[C@]3(O)OC(Cc4ccccc4)O[C@]23O)c(=O)[nH]1. The van der Waals surface area contributed by atoms with Crippen LogP contribution in [0.3, 0.4) is 0 Å². The van der Waals surface area contributed by atoms with Crippen molar-refractivity contribution in [2.45, 2.75) is 36.6 Å². The number of aromatic amines is 1. The van der Waals surface area contributed by atoms with Gasteiger partial charge in [-0.15, -0.1) is 0 Å². The minimum absolute atomic E-state index is 0.0881. The smallest absolute Gasteiger partial charge is 0.359 e. The quantitative estimate of drug-likeness (QED) is 0.318. The van der Waals surface area contributed by atoms with E-state index in [1.165, 1.54) is 0 Å². The number of nitrogens with zero attached hydrogens (tertiary/aromatic N) is 1. The van der Waals surface area contributed by atoms with E-state index in [4.69, 9.17) is 24.0 Å². The van der Waals surface area contributed by atoms with Crippen LogP contribution < -0.4 is 11.2 Å². The zero-order chi connectivity index (χ0) is 22.4. The van der Waals surface area contributed by atoms with Crippen molar-refractivity contribution >= 4 is 7.82 Å². The van der Waals surface area contributed by atoms with E-state index in [1.54, 1.807) is 30.3 Å². The lowest BCUT2D eigenvalue weighted by Crippen LogP contribution is -2.57. The van der Waals surface area contributed by atoms with Crippen LogP contribution in [0.5, 0.6) is 0 Å². The highest BCUT2D eigenvalue weighted by Crippen LogP contribution is 2.53. The van der Waals surface area contributed by atoms with Crippen molar-refractivity contribution in [2.75, 3.05) is 6.61 Å². The second-order valence-corrected chi connectivity index (χ2v) is 8.27. The number of aliphatic hydroxyl groups is 2. The Balaban J connectivity index is 1.70. The Hall–Kier alpha value is -2.19. The molecule has 5 atom stereocenters. The molecule has 1 aromatic heterocycles. The van der Waals surface area contributed by atoms with E-state index >= 15 is 0 Å². The van der Waals surface area contributed by atoms with Crippen molar-refractivity contribution in [1.82, 2.24) is 9.55 Å². The number of nitrogens with one attached hydrogen (secondary N) is 1. The van der Waals surface area contributed by atoms with Gasteiger partial charge in [0.1, 0.15) is 6.10 Å². The number of fused-ring (bicyclic) bond motifs is 1. The second kappa shape index (κ2) is 7.74. The highest BCUT2D eigenvalue weighted by atomic mass is 31.2. The summed E-state index contributed by atoms with van der Waals surface area (Å²) in [6.45, 7) is -0.904. The number of phosphoric ester groups is 1. The van der Waals surface area contributed by atoms with E-state index in [9.17, 15) is 24.4 Å². The molecule has 5 N–H and O–H groups in total. The predicted molar refractivity (Wildman–Crippen MR) is 99.2 cm³/mol. The Labute approximate surface area is 173 Å². The minimum atomic E-state index is -4.97. The lowest BCUT2D eigenvalue weighted by molar-refractivity contribution is -0.293. The number of hydrogen-bond acceptors (Lipinski definition) is 9. The number of ether oxygens (including phenoxy) is 3. The van der Waals surface area contributed by atoms with Gasteiger partial charge in [-0.05, 0) is 5.56 Å². The van der Waals surface area contributed by atoms with Gasteiger partial charge in [0.2, 0.25) is 0 Å². The van der Waals surface area contributed by atoms with Gasteiger partial charge in [-0.25, -0.2) is 9.36 Å². The lowest BCUT2D eigenvalue weighted by atomic mass is 10.0. The van der Waals surface area contributed by atoms with Crippen molar-refractivity contribution in [1.29, 1.82) is 0 Å². The third kappa shape index (κ3) is 4.03. The second-order valence-electron chi connectivity index (χ2n) is 7.03. The summed E-state index contributed by atoms with van der Waals surface area (Å²) in [6, 6.07) is 9.79. The first-order valence-corrected chi connectivity index (χ1v) is 10.6. The van der Waals surface area contributed by atoms with Crippen LogP contribution in [0.15, 0.2) is 52.2 Å². The van der Waals surface area contributed by atoms with Crippen molar-refractivity contribution < 1.29 is 43.3 Å². The normalized spacial score (nSPS) is 32.8. The summed E-state index contributed by atoms with van der Waals surface area (Å²) < 4.78 is 32.8. The predicted octanol–water partition coefficient (Wildman–Crippen LogP) is -1.46. The molecule has 2 saturated heterocycles. The van der Waals surface area contributed by atoms with Gasteiger partial charge in [0, 0.05) is 18.7 Å². The molecule has 0 saturated carbocycles. The van der Waals surface area contributed by atoms with Crippen molar-refractivity contribution in [3.05, 3.63) is 69.0 Å². The van der Waals surface area contributed by atoms with E-state index in [1.807, 2.05) is 4.98 Å². The van der Waals surface area contributed by atoms with Crippen molar-refractivity contribution in [3.8, 4) is 0 Å². The molecule has 0 aliphatic carbocycles. The fraction of sp³-hybridized carbons (Fsp3) is 0.412. The molecule has 168 valence electrons. The summed E-state index contributed by atoms with van der Waals surface area (Å²) in [6.07, 6.45) is -3.53. The zero-order valence-electron chi connectivity index (χ0n) is 15.7. The van der Waals surface area contributed by atoms with Gasteiger partial charge in [0.15, 0.2) is 12.5 Å². The molecule has 0 spiro atoms. The molecule has 31 heavy (non-hydrogen) atoms. The summed E-state index contributed by atoms with van der Waals surface area (Å²) in [7, 11) is -4.97. The largest absolute Gasteiger partial charge is 0.469 e. The third-order valence-corrected chi connectivity index (χ3v) is 5.43. The molecule has 2 aliphatic heterocycles. The number of aromatic nitrogens is 2. The molecular weight excluding hydrogens is 439 g/mol. The number of phosphoric acid groups is 1. The van der Waals surface area contributed by atoms with E-state index in [2.05, 4.69) is 4.52 Å². The standard InChI is InChI=1S/C17H19N2O11P/c20-12-6-7-19(15(21)18-12)14-17(23)16(22,11(28-14)9-27-31(24,25)26)29-13(30-17)8-10-4-2-1-3-5-10/h1-7,11,13-14,22-23H,8-9H2,(H,18,20,21)(H2,24,25,26)/t11-,13?,14-,16+,17-/m1/s1. The van der Waals surface area contributed by atoms with E-state index in [0.717, 1.165) is 22.4 Å². The van der Waals surface area contributed by atoms with Crippen LogP contribution in [0.1, 0.15) is 11.8 Å². The fourth-order valence-corrected chi connectivity index (χ4v) is 3.88. The third-order valence-electron chi connectivity index (χ3n) is 4.94. The topological polar surface area (TPSA) is 190 Å². The highest BCUT2D eigenvalue weighted by molar-refractivity contribution is 7.46. The molecule has 2 aromatic rings. The van der Waals surface area contributed by atoms with E-state index < -0.39 is 55.9 Å². The molecule has 0 radical (unpaired) electrons. The maximum Gasteiger partial charge on any atom is 0.469 e. The van der Waals surface area contributed by atoms with Crippen LogP contribution >= 0.6 is 7.82 Å². The van der Waals surface area contributed by atoms with Crippen LogP contribution in [0.2, 0.25) is 0 Å². The van der Waals surface area contributed by atoms with Gasteiger partial charge in [-0.2, -0.15) is 0 Å². The van der Waals surface area contributed by atoms with Gasteiger partial charge >= 0.3 is 13.5 Å². The van der Waals surface area contributed by atoms with Crippen LogP contribution in [0.25, 0.3) is 0 Å². The summed E-state index contributed by atoms with van der Waals surface area (Å²) in [5.74, 6) is -5.35. The summed E-state index contributed by atoms with van der Waals surface area (Å²) in [5, 5.41) is 22.4. The fourth-order valence-electron chi connectivity index (χ4n) is 3.55. The number of benzene rings is 1. The Morgan fingerprint density at radius 1 is 1.10 bits per heavy atom. The molecule has 2 aliphatic rings. The molecule has 14 heteroatoms. The maximum atomic E-state index is 12.2. The maximum absolute atomic E-state index is 12.2. The first-order valence-electron chi connectivity index (χ1n) is 9.03. The average Bonchev–Trinajstić information content (AvgIpc) is 3.04. The Morgan fingerprint density at radius 2 is 1.77 bits per heavy atom. The molecule has 0 amide bonds. The van der Waals surface area contributed by atoms with Gasteiger partial charge in [0.25, 0.3) is 17.1 Å². The average molecular weight is 458 g/mol. The lowest BCUT2D eigenvalue weighted by Gasteiger charge is -2.30. The van der Waals surface area contributed by atoms with Crippen molar-refractivity contribution in [3.63, 3.8) is 0 Å². The zero-order valence-corrected chi connectivity index (χ0v) is 16.6. The number of rotatable bonds is 6. The van der Waals surface area contributed by atoms with Gasteiger partial charge < -0.3 is 34.2 Å². The number of hydrogen-bond donors (Lipinski definition) is 5. The molecule has 0 bridgehead atoms. The molecule has 3 heterocycles. The Bertz CT molecular complexity index is 1110. The Kier molecular flexibility index (Phi) is 5.50. The molecule has 1 unspecified atom stereocenters. The molecule has 2 fully saturated rings. The van der Waals surface area contributed by atoms with Gasteiger partial charge in [-0.3, -0.25) is 18.9 Å². The van der Waals surface area contributed by atoms with Crippen LogP contribution in [-0.2, 0) is 29.7 Å². The molecule has 13 nitrogen and oxygen atoms in total. The highest BCUT2D eigenvalue weighted by Gasteiger charge is 2.75. The first kappa shape index (κ1) is 22.0. The van der Waals surface area contributed by atoms with Gasteiger partial charge in [-0.1, -0.05) is 30.3 Å². The molecular formula is C17H19N2O11P. The van der Waals surface area contributed by atoms with E-state index in [0.29, 0.717) is 0 Å².